The fourth-order valence-corrected chi connectivity index (χ4v) is 3.61. The van der Waals surface area contributed by atoms with Crippen molar-refractivity contribution in [3.8, 4) is 0 Å². The molecule has 0 heterocycles. The molecule has 2 aliphatic carbocycles. The summed E-state index contributed by atoms with van der Waals surface area (Å²) in [6.45, 7) is 15.0. The van der Waals surface area contributed by atoms with E-state index in [0.717, 1.165) is 12.5 Å². The Morgan fingerprint density at radius 3 is 1.90 bits per heavy atom. The van der Waals surface area contributed by atoms with E-state index in [1.165, 1.54) is 44.9 Å². The van der Waals surface area contributed by atoms with E-state index >= 15 is 0 Å². The van der Waals surface area contributed by atoms with E-state index in [-0.39, 0.29) is 11.1 Å². The van der Waals surface area contributed by atoms with Crippen molar-refractivity contribution in [3.05, 3.63) is 0 Å². The van der Waals surface area contributed by atoms with Gasteiger partial charge < -0.3 is 10.1 Å². The molecule has 2 aliphatic rings. The van der Waals surface area contributed by atoms with E-state index in [1.807, 2.05) is 0 Å². The van der Waals surface area contributed by atoms with Gasteiger partial charge in [-0.3, -0.25) is 0 Å². The highest BCUT2D eigenvalue weighted by Crippen LogP contribution is 2.44. The van der Waals surface area contributed by atoms with Gasteiger partial charge in [0.2, 0.25) is 0 Å². The summed E-state index contributed by atoms with van der Waals surface area (Å²) in [7, 11) is 0. The molecule has 0 saturated heterocycles. The van der Waals surface area contributed by atoms with Gasteiger partial charge in [-0.1, -0.05) is 20.8 Å². The predicted molar refractivity (Wildman–Crippen MR) is 90.6 cm³/mol. The number of rotatable bonds is 4. The maximum atomic E-state index is 6.61. The van der Waals surface area contributed by atoms with Crippen LogP contribution in [0.4, 0.5) is 0 Å². The average Bonchev–Trinajstić information content (AvgIpc) is 2.30. The highest BCUT2D eigenvalue weighted by molar-refractivity contribution is 4.95. The van der Waals surface area contributed by atoms with Gasteiger partial charge in [0.1, 0.15) is 0 Å². The van der Waals surface area contributed by atoms with Crippen molar-refractivity contribution in [1.29, 1.82) is 0 Å². The molecule has 0 aromatic rings. The van der Waals surface area contributed by atoms with Crippen LogP contribution in [0.15, 0.2) is 0 Å². The lowest BCUT2D eigenvalue weighted by Gasteiger charge is -2.47. The summed E-state index contributed by atoms with van der Waals surface area (Å²) in [5.74, 6) is 0.852. The molecule has 2 nitrogen and oxygen atoms in total. The minimum Gasteiger partial charge on any atom is -0.370 e. The Kier molecular flexibility index (Phi) is 5.10. The average molecular weight is 296 g/mol. The van der Waals surface area contributed by atoms with E-state index in [1.54, 1.807) is 0 Å². The van der Waals surface area contributed by atoms with E-state index < -0.39 is 0 Å². The molecule has 2 saturated carbocycles. The maximum Gasteiger partial charge on any atom is 0.0810 e. The second-order valence-corrected chi connectivity index (χ2v) is 9.60. The van der Waals surface area contributed by atoms with Crippen LogP contribution in [-0.4, -0.2) is 23.8 Å². The molecule has 0 aliphatic heterocycles. The minimum absolute atomic E-state index is 0.0973. The lowest BCUT2D eigenvalue weighted by Crippen LogP contribution is -2.53. The van der Waals surface area contributed by atoms with Gasteiger partial charge in [0.05, 0.1) is 11.7 Å². The zero-order valence-electron chi connectivity index (χ0n) is 15.2. The second-order valence-electron chi connectivity index (χ2n) is 9.60. The first kappa shape index (κ1) is 17.3. The van der Waals surface area contributed by atoms with Crippen molar-refractivity contribution in [1.82, 2.24) is 5.32 Å². The van der Waals surface area contributed by atoms with Crippen molar-refractivity contribution < 1.29 is 4.74 Å². The SMILES string of the molecule is CC(C)(C)NCC1(OC2CCC2)CCC(C(C)(C)C)CC1. The standard InChI is InChI=1S/C19H37NO/c1-17(2,3)15-10-12-19(13-11-15,14-20-18(4,5)6)21-16-8-7-9-16/h15-16,20H,7-14H2,1-6H3. The van der Waals surface area contributed by atoms with Gasteiger partial charge in [-0.25, -0.2) is 0 Å². The van der Waals surface area contributed by atoms with Gasteiger partial charge >= 0.3 is 0 Å². The van der Waals surface area contributed by atoms with Crippen LogP contribution < -0.4 is 5.32 Å². The molecular weight excluding hydrogens is 258 g/mol. The molecule has 0 aromatic carbocycles. The van der Waals surface area contributed by atoms with Crippen LogP contribution in [0.3, 0.4) is 0 Å². The van der Waals surface area contributed by atoms with Crippen molar-refractivity contribution in [3.63, 3.8) is 0 Å². The summed E-state index contributed by atoms with van der Waals surface area (Å²) < 4.78 is 6.61. The van der Waals surface area contributed by atoms with Crippen LogP contribution in [0.25, 0.3) is 0 Å². The Morgan fingerprint density at radius 2 is 1.52 bits per heavy atom. The smallest absolute Gasteiger partial charge is 0.0810 e. The molecule has 0 aromatic heterocycles. The molecule has 124 valence electrons. The molecule has 0 unspecified atom stereocenters. The van der Waals surface area contributed by atoms with E-state index in [4.69, 9.17) is 4.74 Å². The third-order valence-corrected chi connectivity index (χ3v) is 5.53. The summed E-state index contributed by atoms with van der Waals surface area (Å²) in [6.07, 6.45) is 9.56. The topological polar surface area (TPSA) is 21.3 Å². The Balaban J connectivity index is 1.97. The quantitative estimate of drug-likeness (QED) is 0.795. The first-order chi connectivity index (χ1) is 9.60. The van der Waals surface area contributed by atoms with Crippen LogP contribution in [0.2, 0.25) is 0 Å². The van der Waals surface area contributed by atoms with E-state index in [0.29, 0.717) is 11.5 Å². The van der Waals surface area contributed by atoms with Crippen LogP contribution >= 0.6 is 0 Å². The highest BCUT2D eigenvalue weighted by Gasteiger charge is 2.42. The molecule has 1 N–H and O–H groups in total. The summed E-state index contributed by atoms with van der Waals surface area (Å²) in [4.78, 5) is 0. The fourth-order valence-electron chi connectivity index (χ4n) is 3.61. The summed E-state index contributed by atoms with van der Waals surface area (Å²) in [5.41, 5.74) is 0.719. The third-order valence-electron chi connectivity index (χ3n) is 5.53. The zero-order valence-corrected chi connectivity index (χ0v) is 15.2. The number of hydrogen-bond donors (Lipinski definition) is 1. The van der Waals surface area contributed by atoms with Crippen LogP contribution in [-0.2, 0) is 4.74 Å². The number of nitrogens with one attached hydrogen (secondary N) is 1. The molecule has 0 radical (unpaired) electrons. The fraction of sp³-hybridized carbons (Fsp3) is 1.00. The molecular formula is C19H37NO. The summed E-state index contributed by atoms with van der Waals surface area (Å²) in [6, 6.07) is 0. The molecule has 0 atom stereocenters. The van der Waals surface area contributed by atoms with Crippen LogP contribution in [0.5, 0.6) is 0 Å². The molecule has 0 bridgehead atoms. The molecule has 21 heavy (non-hydrogen) atoms. The van der Waals surface area contributed by atoms with Gasteiger partial charge in [-0.15, -0.1) is 0 Å². The first-order valence-corrected chi connectivity index (χ1v) is 9.03. The first-order valence-electron chi connectivity index (χ1n) is 9.03. The van der Waals surface area contributed by atoms with Crippen molar-refractivity contribution in [2.75, 3.05) is 6.54 Å². The third kappa shape index (κ3) is 4.96. The Hall–Kier alpha value is -0.0800. The lowest BCUT2D eigenvalue weighted by atomic mass is 9.68. The molecule has 2 heteroatoms. The molecule has 0 amide bonds. The van der Waals surface area contributed by atoms with Crippen LogP contribution in [0, 0.1) is 11.3 Å². The Morgan fingerprint density at radius 1 is 0.952 bits per heavy atom. The highest BCUT2D eigenvalue weighted by atomic mass is 16.5. The largest absolute Gasteiger partial charge is 0.370 e. The number of hydrogen-bond acceptors (Lipinski definition) is 2. The Bertz CT molecular complexity index is 324. The van der Waals surface area contributed by atoms with Gasteiger partial charge in [0, 0.05) is 12.1 Å². The summed E-state index contributed by atoms with van der Waals surface area (Å²) in [5, 5.41) is 3.71. The molecule has 0 spiro atoms. The van der Waals surface area contributed by atoms with Gasteiger partial charge in [-0.05, 0) is 77.0 Å². The number of ether oxygens (including phenoxy) is 1. The predicted octanol–water partition coefficient (Wildman–Crippen LogP) is 4.92. The van der Waals surface area contributed by atoms with Crippen molar-refractivity contribution in [2.24, 2.45) is 11.3 Å². The second kappa shape index (κ2) is 6.20. The maximum absolute atomic E-state index is 6.61. The zero-order chi connectivity index (χ0) is 15.7. The normalized spacial score (nSPS) is 32.0. The minimum atomic E-state index is 0.0973. The lowest BCUT2D eigenvalue weighted by molar-refractivity contribution is -0.146. The van der Waals surface area contributed by atoms with E-state index in [2.05, 4.69) is 46.9 Å². The van der Waals surface area contributed by atoms with Crippen molar-refractivity contribution in [2.45, 2.75) is 104 Å². The van der Waals surface area contributed by atoms with Gasteiger partial charge in [0.15, 0.2) is 0 Å². The van der Waals surface area contributed by atoms with Gasteiger partial charge in [0.25, 0.3) is 0 Å². The molecule has 2 rings (SSSR count). The van der Waals surface area contributed by atoms with E-state index in [9.17, 15) is 0 Å². The Labute approximate surface area is 132 Å². The summed E-state index contributed by atoms with van der Waals surface area (Å²) >= 11 is 0. The van der Waals surface area contributed by atoms with Crippen molar-refractivity contribution >= 4 is 0 Å². The van der Waals surface area contributed by atoms with Crippen LogP contribution in [0.1, 0.15) is 86.5 Å². The molecule has 2 fully saturated rings. The van der Waals surface area contributed by atoms with Gasteiger partial charge in [-0.2, -0.15) is 0 Å². The monoisotopic (exact) mass is 295 g/mol.